The van der Waals surface area contributed by atoms with Gasteiger partial charge in [-0.1, -0.05) is 0 Å². The summed E-state index contributed by atoms with van der Waals surface area (Å²) in [6.45, 7) is 4.99. The lowest BCUT2D eigenvalue weighted by atomic mass is 9.86. The van der Waals surface area contributed by atoms with E-state index in [1.54, 1.807) is 7.11 Å². The average Bonchev–Trinajstić information content (AvgIpc) is 2.27. The van der Waals surface area contributed by atoms with E-state index in [1.807, 2.05) is 13.8 Å². The fourth-order valence-electron chi connectivity index (χ4n) is 2.24. The van der Waals surface area contributed by atoms with Crippen molar-refractivity contribution in [2.45, 2.75) is 43.8 Å². The van der Waals surface area contributed by atoms with Crippen molar-refractivity contribution in [3.05, 3.63) is 0 Å². The predicted molar refractivity (Wildman–Crippen MR) is 55.0 cm³/mol. The molecule has 2 fully saturated rings. The molecule has 5 heteroatoms. The SMILES string of the molecule is [B]C1OC2(COC)COC2C1OC(C)C. The second-order valence-electron chi connectivity index (χ2n) is 4.46. The van der Waals surface area contributed by atoms with Crippen LogP contribution in [0.3, 0.4) is 0 Å². The highest BCUT2D eigenvalue weighted by Gasteiger charge is 2.61. The highest BCUT2D eigenvalue weighted by atomic mass is 16.7. The van der Waals surface area contributed by atoms with E-state index in [0.717, 1.165) is 0 Å². The first-order valence-corrected chi connectivity index (χ1v) is 5.28. The van der Waals surface area contributed by atoms with Crippen LogP contribution in [0.1, 0.15) is 13.8 Å². The molecule has 2 aliphatic rings. The molecule has 0 N–H and O–H groups in total. The van der Waals surface area contributed by atoms with Crippen LogP contribution in [-0.4, -0.2) is 58.1 Å². The molecule has 2 saturated heterocycles. The molecule has 2 aliphatic heterocycles. The molecule has 84 valence electrons. The van der Waals surface area contributed by atoms with E-state index in [-0.39, 0.29) is 23.9 Å². The minimum absolute atomic E-state index is 0.0881. The van der Waals surface area contributed by atoms with Crippen molar-refractivity contribution >= 4 is 7.85 Å². The molecule has 2 rings (SSSR count). The van der Waals surface area contributed by atoms with Gasteiger partial charge in [-0.25, -0.2) is 0 Å². The van der Waals surface area contributed by atoms with E-state index in [2.05, 4.69) is 0 Å². The molecule has 15 heavy (non-hydrogen) atoms. The average molecular weight is 212 g/mol. The smallest absolute Gasteiger partial charge is 0.143 e. The van der Waals surface area contributed by atoms with Crippen molar-refractivity contribution in [3.63, 3.8) is 0 Å². The molecule has 2 heterocycles. The Morgan fingerprint density at radius 3 is 2.73 bits per heavy atom. The molecule has 0 aliphatic carbocycles. The molecule has 2 radical (unpaired) electrons. The quantitative estimate of drug-likeness (QED) is 0.619. The lowest BCUT2D eigenvalue weighted by molar-refractivity contribution is -0.246. The Labute approximate surface area is 91.6 Å². The molecule has 0 amide bonds. The number of ether oxygens (including phenoxy) is 4. The third kappa shape index (κ3) is 1.82. The highest BCUT2D eigenvalue weighted by molar-refractivity contribution is 6.11. The summed E-state index contributed by atoms with van der Waals surface area (Å²) in [7, 11) is 7.53. The summed E-state index contributed by atoms with van der Waals surface area (Å²) in [5.74, 6) is 0. The van der Waals surface area contributed by atoms with Crippen molar-refractivity contribution in [1.82, 2.24) is 0 Å². The normalized spacial score (nSPS) is 44.1. The Hall–Kier alpha value is -0.0951. The topological polar surface area (TPSA) is 36.9 Å². The van der Waals surface area contributed by atoms with Gasteiger partial charge in [0.05, 0.1) is 19.3 Å². The second-order valence-corrected chi connectivity index (χ2v) is 4.46. The number of fused-ring (bicyclic) bond motifs is 1. The second kappa shape index (κ2) is 4.05. The minimum Gasteiger partial charge on any atom is -0.381 e. The van der Waals surface area contributed by atoms with Crippen LogP contribution in [0.15, 0.2) is 0 Å². The summed E-state index contributed by atoms with van der Waals surface area (Å²) in [5.41, 5.74) is -0.381. The van der Waals surface area contributed by atoms with Crippen LogP contribution in [0.25, 0.3) is 0 Å². The van der Waals surface area contributed by atoms with Crippen molar-refractivity contribution < 1.29 is 18.9 Å². The Balaban J connectivity index is 2.03. The van der Waals surface area contributed by atoms with Gasteiger partial charge in [0.25, 0.3) is 0 Å². The Morgan fingerprint density at radius 1 is 1.53 bits per heavy atom. The molecule has 4 atom stereocenters. The monoisotopic (exact) mass is 212 g/mol. The van der Waals surface area contributed by atoms with Crippen molar-refractivity contribution in [1.29, 1.82) is 0 Å². The predicted octanol–water partition coefficient (Wildman–Crippen LogP) is 0.0888. The van der Waals surface area contributed by atoms with Crippen LogP contribution in [-0.2, 0) is 18.9 Å². The molecule has 0 spiro atoms. The molecule has 4 nitrogen and oxygen atoms in total. The van der Waals surface area contributed by atoms with Gasteiger partial charge in [-0.3, -0.25) is 0 Å². The molecule has 0 aromatic carbocycles. The maximum atomic E-state index is 5.88. The summed E-state index contributed by atoms with van der Waals surface area (Å²) in [6, 6.07) is -0.421. The minimum atomic E-state index is -0.421. The Morgan fingerprint density at radius 2 is 2.27 bits per heavy atom. The van der Waals surface area contributed by atoms with Crippen LogP contribution >= 0.6 is 0 Å². The van der Waals surface area contributed by atoms with Crippen LogP contribution in [0.4, 0.5) is 0 Å². The third-order valence-corrected chi connectivity index (χ3v) is 2.84. The van der Waals surface area contributed by atoms with E-state index in [4.69, 9.17) is 26.8 Å². The van der Waals surface area contributed by atoms with Crippen molar-refractivity contribution in [2.24, 2.45) is 0 Å². The highest BCUT2D eigenvalue weighted by Crippen LogP contribution is 2.42. The lowest BCUT2D eigenvalue weighted by Crippen LogP contribution is -2.62. The maximum absolute atomic E-state index is 5.88. The summed E-state index contributed by atoms with van der Waals surface area (Å²) >= 11 is 0. The largest absolute Gasteiger partial charge is 0.381 e. The van der Waals surface area contributed by atoms with Crippen LogP contribution in [0, 0.1) is 0 Å². The zero-order chi connectivity index (χ0) is 11.1. The van der Waals surface area contributed by atoms with Gasteiger partial charge in [0.2, 0.25) is 0 Å². The van der Waals surface area contributed by atoms with Crippen molar-refractivity contribution in [2.75, 3.05) is 20.3 Å². The first-order valence-electron chi connectivity index (χ1n) is 5.28. The molecular weight excluding hydrogens is 195 g/mol. The van der Waals surface area contributed by atoms with E-state index in [9.17, 15) is 0 Å². The van der Waals surface area contributed by atoms with Gasteiger partial charge >= 0.3 is 0 Å². The van der Waals surface area contributed by atoms with Gasteiger partial charge in [-0.2, -0.15) is 0 Å². The zero-order valence-corrected chi connectivity index (χ0v) is 9.43. The molecule has 4 unspecified atom stereocenters. The van der Waals surface area contributed by atoms with Crippen molar-refractivity contribution in [3.8, 4) is 0 Å². The first kappa shape index (κ1) is 11.4. The molecule has 0 aromatic heterocycles. The van der Waals surface area contributed by atoms with Gasteiger partial charge in [0.1, 0.15) is 25.7 Å². The van der Waals surface area contributed by atoms with E-state index in [1.165, 1.54) is 0 Å². The molecular formula is C10H17BO4. The summed E-state index contributed by atoms with van der Waals surface area (Å²) < 4.78 is 22.0. The van der Waals surface area contributed by atoms with Gasteiger partial charge < -0.3 is 18.9 Å². The fraction of sp³-hybridized carbons (Fsp3) is 1.00. The van der Waals surface area contributed by atoms with Gasteiger partial charge in [-0.15, -0.1) is 0 Å². The molecule has 0 aromatic rings. The summed E-state index contributed by atoms with van der Waals surface area (Å²) in [6.07, 6.45) is -0.157. The Bertz CT molecular complexity index is 235. The van der Waals surface area contributed by atoms with Crippen LogP contribution in [0.2, 0.25) is 0 Å². The fourth-order valence-corrected chi connectivity index (χ4v) is 2.24. The van der Waals surface area contributed by atoms with Gasteiger partial charge in [0.15, 0.2) is 0 Å². The third-order valence-electron chi connectivity index (χ3n) is 2.84. The van der Waals surface area contributed by atoms with Crippen LogP contribution in [0.5, 0.6) is 0 Å². The molecule has 0 saturated carbocycles. The lowest BCUT2D eigenvalue weighted by Gasteiger charge is -2.44. The number of hydrogen-bond donors (Lipinski definition) is 0. The van der Waals surface area contributed by atoms with Crippen LogP contribution < -0.4 is 0 Å². The number of rotatable bonds is 4. The summed E-state index contributed by atoms with van der Waals surface area (Å²) in [5, 5.41) is 0. The van der Waals surface area contributed by atoms with E-state index < -0.39 is 6.00 Å². The van der Waals surface area contributed by atoms with Gasteiger partial charge in [0, 0.05) is 13.1 Å². The number of methoxy groups -OCH3 is 1. The zero-order valence-electron chi connectivity index (χ0n) is 9.43. The standard InChI is InChI=1S/C10H17BO4/c1-6(2)14-7-8-10(4-12-3,5-13-8)15-9(7)11/h6-9H,4-5H2,1-3H3. The first-order chi connectivity index (χ1) is 7.09. The van der Waals surface area contributed by atoms with E-state index >= 15 is 0 Å². The van der Waals surface area contributed by atoms with E-state index in [0.29, 0.717) is 13.2 Å². The summed E-state index contributed by atoms with van der Waals surface area (Å²) in [4.78, 5) is 0. The number of hydrogen-bond acceptors (Lipinski definition) is 4. The Kier molecular flexibility index (Phi) is 3.08. The van der Waals surface area contributed by atoms with Gasteiger partial charge in [-0.05, 0) is 13.8 Å². The molecule has 0 bridgehead atoms. The maximum Gasteiger partial charge on any atom is 0.143 e.